The van der Waals surface area contributed by atoms with Crippen molar-refractivity contribution in [2.24, 2.45) is 5.92 Å². The van der Waals surface area contributed by atoms with Crippen molar-refractivity contribution in [2.75, 3.05) is 31.5 Å². The average Bonchev–Trinajstić information content (AvgIpc) is 2.73. The first-order valence-electron chi connectivity index (χ1n) is 9.64. The summed E-state index contributed by atoms with van der Waals surface area (Å²) in [7, 11) is 0. The highest BCUT2D eigenvalue weighted by Gasteiger charge is 2.31. The van der Waals surface area contributed by atoms with Gasteiger partial charge in [0.1, 0.15) is 5.82 Å². The molecule has 9 heteroatoms. The summed E-state index contributed by atoms with van der Waals surface area (Å²) in [4.78, 5) is 32.6. The van der Waals surface area contributed by atoms with E-state index < -0.39 is 11.7 Å². The summed E-state index contributed by atoms with van der Waals surface area (Å²) < 4.78 is 38.9. The van der Waals surface area contributed by atoms with E-state index in [2.05, 4.69) is 10.3 Å². The second-order valence-electron chi connectivity index (χ2n) is 7.38. The Kier molecular flexibility index (Phi) is 6.28. The van der Waals surface area contributed by atoms with Gasteiger partial charge < -0.3 is 15.1 Å². The van der Waals surface area contributed by atoms with E-state index in [1.54, 1.807) is 21.9 Å². The molecule has 1 aromatic carbocycles. The smallest absolute Gasteiger partial charge is 0.340 e. The largest absolute Gasteiger partial charge is 0.416 e. The molecule has 1 aromatic heterocycles. The number of halogens is 3. The SMILES string of the molecule is CC(C)C(=O)N1CCN(C(=O)c2cccnc2Nc2cccc(C(F)(F)F)c2)CC1. The number of pyridine rings is 1. The molecule has 0 unspecified atom stereocenters. The van der Waals surface area contributed by atoms with Gasteiger partial charge in [0.2, 0.25) is 5.91 Å². The number of benzene rings is 1. The van der Waals surface area contributed by atoms with Crippen LogP contribution in [0.5, 0.6) is 0 Å². The van der Waals surface area contributed by atoms with Gasteiger partial charge in [0.25, 0.3) is 5.91 Å². The number of piperazine rings is 1. The van der Waals surface area contributed by atoms with Crippen LogP contribution in [-0.4, -0.2) is 52.8 Å². The van der Waals surface area contributed by atoms with Crippen LogP contribution >= 0.6 is 0 Å². The monoisotopic (exact) mass is 420 g/mol. The molecule has 0 atom stereocenters. The Balaban J connectivity index is 1.75. The predicted molar refractivity (Wildman–Crippen MR) is 106 cm³/mol. The van der Waals surface area contributed by atoms with Crippen LogP contribution in [0.15, 0.2) is 42.6 Å². The van der Waals surface area contributed by atoms with E-state index in [0.29, 0.717) is 26.2 Å². The fourth-order valence-electron chi connectivity index (χ4n) is 3.25. The van der Waals surface area contributed by atoms with Crippen molar-refractivity contribution in [3.05, 3.63) is 53.7 Å². The summed E-state index contributed by atoms with van der Waals surface area (Å²) in [5, 5.41) is 2.82. The molecule has 1 aliphatic rings. The van der Waals surface area contributed by atoms with Gasteiger partial charge in [-0.1, -0.05) is 19.9 Å². The number of nitrogens with zero attached hydrogens (tertiary/aromatic N) is 3. The molecule has 2 aromatic rings. The minimum absolute atomic E-state index is 0.0513. The highest BCUT2D eigenvalue weighted by Crippen LogP contribution is 2.31. The van der Waals surface area contributed by atoms with Crippen molar-refractivity contribution in [2.45, 2.75) is 20.0 Å². The molecule has 1 fully saturated rings. The highest BCUT2D eigenvalue weighted by atomic mass is 19.4. The first kappa shape index (κ1) is 21.6. The van der Waals surface area contributed by atoms with E-state index in [0.717, 1.165) is 12.1 Å². The molecule has 0 aliphatic carbocycles. The van der Waals surface area contributed by atoms with E-state index in [1.807, 2.05) is 13.8 Å². The minimum atomic E-state index is -4.46. The highest BCUT2D eigenvalue weighted by molar-refractivity contribution is 5.99. The lowest BCUT2D eigenvalue weighted by Gasteiger charge is -2.35. The van der Waals surface area contributed by atoms with Gasteiger partial charge in [-0.2, -0.15) is 13.2 Å². The lowest BCUT2D eigenvalue weighted by atomic mass is 10.1. The van der Waals surface area contributed by atoms with Gasteiger partial charge in [0, 0.05) is 44.0 Å². The molecule has 1 saturated heterocycles. The van der Waals surface area contributed by atoms with Crippen LogP contribution in [0.3, 0.4) is 0 Å². The number of aromatic nitrogens is 1. The minimum Gasteiger partial charge on any atom is -0.340 e. The van der Waals surface area contributed by atoms with Gasteiger partial charge in [-0.3, -0.25) is 9.59 Å². The lowest BCUT2D eigenvalue weighted by Crippen LogP contribution is -2.51. The normalized spacial score (nSPS) is 14.7. The summed E-state index contributed by atoms with van der Waals surface area (Å²) in [5.74, 6) is -0.152. The molecule has 0 saturated carbocycles. The predicted octanol–water partition coefficient (Wildman–Crippen LogP) is 3.78. The Labute approximate surface area is 172 Å². The van der Waals surface area contributed by atoms with E-state index >= 15 is 0 Å². The zero-order valence-electron chi connectivity index (χ0n) is 16.7. The van der Waals surface area contributed by atoms with Crippen molar-refractivity contribution in [3.63, 3.8) is 0 Å². The third-order valence-electron chi connectivity index (χ3n) is 4.86. The molecule has 1 N–H and O–H groups in total. The standard InChI is InChI=1S/C21H23F3N4O2/c1-14(2)19(29)27-9-11-28(12-10-27)20(30)17-7-4-8-25-18(17)26-16-6-3-5-15(13-16)21(22,23)24/h3-8,13-14H,9-12H2,1-2H3,(H,25,26). The van der Waals surface area contributed by atoms with Crippen molar-refractivity contribution < 1.29 is 22.8 Å². The van der Waals surface area contributed by atoms with E-state index in [4.69, 9.17) is 0 Å². The lowest BCUT2D eigenvalue weighted by molar-refractivity contribution is -0.137. The molecular formula is C21H23F3N4O2. The number of anilines is 2. The number of nitrogens with one attached hydrogen (secondary N) is 1. The third-order valence-corrected chi connectivity index (χ3v) is 4.86. The second-order valence-corrected chi connectivity index (χ2v) is 7.38. The first-order valence-corrected chi connectivity index (χ1v) is 9.64. The number of alkyl halides is 3. The second kappa shape index (κ2) is 8.73. The van der Waals surface area contributed by atoms with Gasteiger partial charge in [0.05, 0.1) is 11.1 Å². The summed E-state index contributed by atoms with van der Waals surface area (Å²) in [6.45, 7) is 5.33. The maximum atomic E-state index is 13.0. The molecular weight excluding hydrogens is 397 g/mol. The Morgan fingerprint density at radius 1 is 1.03 bits per heavy atom. The fraction of sp³-hybridized carbons (Fsp3) is 0.381. The zero-order chi connectivity index (χ0) is 21.9. The van der Waals surface area contributed by atoms with Gasteiger partial charge in [0.15, 0.2) is 0 Å². The van der Waals surface area contributed by atoms with Crippen LogP contribution in [0.1, 0.15) is 29.8 Å². The van der Waals surface area contributed by atoms with Gasteiger partial charge in [-0.15, -0.1) is 0 Å². The maximum Gasteiger partial charge on any atom is 0.416 e. The Morgan fingerprint density at radius 2 is 1.70 bits per heavy atom. The topological polar surface area (TPSA) is 65.5 Å². The van der Waals surface area contributed by atoms with E-state index in [9.17, 15) is 22.8 Å². The van der Waals surface area contributed by atoms with Crippen LogP contribution in [0.4, 0.5) is 24.7 Å². The number of carbonyl (C=O) groups excluding carboxylic acids is 2. The van der Waals surface area contributed by atoms with Crippen molar-refractivity contribution in [3.8, 4) is 0 Å². The van der Waals surface area contributed by atoms with Crippen LogP contribution < -0.4 is 5.32 Å². The van der Waals surface area contributed by atoms with Crippen molar-refractivity contribution in [1.82, 2.24) is 14.8 Å². The summed E-state index contributed by atoms with van der Waals surface area (Å²) in [6.07, 6.45) is -3.00. The van der Waals surface area contributed by atoms with Gasteiger partial charge in [-0.05, 0) is 30.3 Å². The van der Waals surface area contributed by atoms with Crippen LogP contribution in [0.2, 0.25) is 0 Å². The summed E-state index contributed by atoms with van der Waals surface area (Å²) in [6, 6.07) is 7.90. The Morgan fingerprint density at radius 3 is 2.33 bits per heavy atom. The first-order chi connectivity index (χ1) is 14.2. The molecule has 30 heavy (non-hydrogen) atoms. The Bertz CT molecular complexity index is 922. The molecule has 160 valence electrons. The number of rotatable bonds is 4. The summed E-state index contributed by atoms with van der Waals surface area (Å²) >= 11 is 0. The number of hydrogen-bond donors (Lipinski definition) is 1. The average molecular weight is 420 g/mol. The summed E-state index contributed by atoms with van der Waals surface area (Å²) in [5.41, 5.74) is -0.342. The number of carbonyl (C=O) groups is 2. The Hall–Kier alpha value is -3.10. The third kappa shape index (κ3) is 4.90. The van der Waals surface area contributed by atoms with Crippen molar-refractivity contribution in [1.29, 1.82) is 0 Å². The molecule has 1 aliphatic heterocycles. The molecule has 3 rings (SSSR count). The quantitative estimate of drug-likeness (QED) is 0.818. The molecule has 0 bridgehead atoms. The molecule has 2 amide bonds. The number of hydrogen-bond acceptors (Lipinski definition) is 4. The van der Waals surface area contributed by atoms with Crippen LogP contribution in [-0.2, 0) is 11.0 Å². The van der Waals surface area contributed by atoms with Gasteiger partial charge >= 0.3 is 6.18 Å². The van der Waals surface area contributed by atoms with Gasteiger partial charge in [-0.25, -0.2) is 4.98 Å². The molecule has 0 radical (unpaired) electrons. The van der Waals surface area contributed by atoms with E-state index in [1.165, 1.54) is 18.3 Å². The molecule has 6 nitrogen and oxygen atoms in total. The van der Waals surface area contributed by atoms with Crippen LogP contribution in [0, 0.1) is 5.92 Å². The molecule has 2 heterocycles. The van der Waals surface area contributed by atoms with Crippen LogP contribution in [0.25, 0.3) is 0 Å². The van der Waals surface area contributed by atoms with Crippen molar-refractivity contribution >= 4 is 23.3 Å². The fourth-order valence-corrected chi connectivity index (χ4v) is 3.25. The zero-order valence-corrected chi connectivity index (χ0v) is 16.7. The number of amides is 2. The maximum absolute atomic E-state index is 13.0. The van der Waals surface area contributed by atoms with E-state index in [-0.39, 0.29) is 34.8 Å². The molecule has 0 spiro atoms.